The van der Waals surface area contributed by atoms with Crippen molar-refractivity contribution in [2.75, 3.05) is 32.8 Å². The molecule has 0 aromatic heterocycles. The first kappa shape index (κ1) is 17.3. The van der Waals surface area contributed by atoms with Gasteiger partial charge < -0.3 is 9.64 Å². The van der Waals surface area contributed by atoms with Crippen molar-refractivity contribution in [3.05, 3.63) is 45.5 Å². The minimum Gasteiger partial charge on any atom is -0.381 e. The van der Waals surface area contributed by atoms with E-state index in [0.717, 1.165) is 5.56 Å². The number of hydrazone groups is 1. The number of carbonyl (C=O) groups excluding carboxylic acids is 1. The molecule has 2 heterocycles. The van der Waals surface area contributed by atoms with Crippen LogP contribution in [0.4, 0.5) is 0 Å². The van der Waals surface area contributed by atoms with Crippen molar-refractivity contribution in [2.24, 2.45) is 16.9 Å². The van der Waals surface area contributed by atoms with Crippen molar-refractivity contribution in [3.8, 4) is 0 Å². The van der Waals surface area contributed by atoms with E-state index in [1.54, 1.807) is 18.2 Å². The van der Waals surface area contributed by atoms with Crippen molar-refractivity contribution in [3.63, 3.8) is 0 Å². The zero-order valence-corrected chi connectivity index (χ0v) is 14.4. The van der Waals surface area contributed by atoms with Crippen LogP contribution < -0.4 is 0 Å². The third-order valence-electron chi connectivity index (χ3n) is 4.77. The quantitative estimate of drug-likeness (QED) is 0.610. The average molecular weight is 346 g/mol. The number of nitro groups is 1. The van der Waals surface area contributed by atoms with E-state index in [4.69, 9.17) is 4.74 Å². The molecule has 8 nitrogen and oxygen atoms in total. The fourth-order valence-corrected chi connectivity index (χ4v) is 3.30. The van der Waals surface area contributed by atoms with Gasteiger partial charge in [0.05, 0.1) is 6.61 Å². The molecule has 1 amide bonds. The second kappa shape index (κ2) is 7.18. The van der Waals surface area contributed by atoms with E-state index in [1.807, 2.05) is 17.9 Å². The number of nitrogens with zero attached hydrogens (tertiary/aromatic N) is 4. The van der Waals surface area contributed by atoms with E-state index in [-0.39, 0.29) is 17.8 Å². The Balaban J connectivity index is 1.82. The highest BCUT2D eigenvalue weighted by Gasteiger charge is 2.37. The standard InChI is InChI=1S/C17H22N4O4/c1-12-4-3-5-14(8-12)16(22)20-7-6-19(17(20)18-21(23)24)9-15-11-25-10-13(15)2/h3-5,8,13,15H,6-7,9-11H2,1-2H3. The Hall–Kier alpha value is -2.48. The molecule has 134 valence electrons. The number of carbonyl (C=O) groups is 1. The van der Waals surface area contributed by atoms with Gasteiger partial charge in [-0.2, -0.15) is 0 Å². The summed E-state index contributed by atoms with van der Waals surface area (Å²) in [6, 6.07) is 7.20. The molecular weight excluding hydrogens is 324 g/mol. The molecule has 2 atom stereocenters. The second-order valence-corrected chi connectivity index (χ2v) is 6.68. The molecule has 2 aliphatic heterocycles. The Morgan fingerprint density at radius 2 is 2.20 bits per heavy atom. The van der Waals surface area contributed by atoms with Gasteiger partial charge in [-0.1, -0.05) is 24.6 Å². The topological polar surface area (TPSA) is 88.3 Å². The predicted molar refractivity (Wildman–Crippen MR) is 91.7 cm³/mol. The van der Waals surface area contributed by atoms with Gasteiger partial charge >= 0.3 is 0 Å². The zero-order chi connectivity index (χ0) is 18.0. The van der Waals surface area contributed by atoms with Gasteiger partial charge in [0.2, 0.25) is 0 Å². The van der Waals surface area contributed by atoms with E-state index >= 15 is 0 Å². The summed E-state index contributed by atoms with van der Waals surface area (Å²) in [5.74, 6) is 0.530. The van der Waals surface area contributed by atoms with Gasteiger partial charge in [0.15, 0.2) is 5.03 Å². The van der Waals surface area contributed by atoms with E-state index in [1.165, 1.54) is 4.90 Å². The van der Waals surface area contributed by atoms with Crippen LogP contribution in [0.2, 0.25) is 0 Å². The molecule has 2 fully saturated rings. The SMILES string of the molecule is Cc1cccc(C(=O)N2CCN(CC3COCC3C)C2=N[N+](=O)[O-])c1. The number of aryl methyl sites for hydroxylation is 1. The van der Waals surface area contributed by atoms with Crippen LogP contribution in [0.1, 0.15) is 22.8 Å². The minimum absolute atomic E-state index is 0.121. The van der Waals surface area contributed by atoms with E-state index < -0.39 is 5.03 Å². The highest BCUT2D eigenvalue weighted by atomic mass is 16.7. The molecule has 1 aromatic rings. The van der Waals surface area contributed by atoms with Gasteiger partial charge in [0.25, 0.3) is 11.9 Å². The maximum absolute atomic E-state index is 12.8. The number of hydrogen-bond acceptors (Lipinski definition) is 4. The smallest absolute Gasteiger partial charge is 0.281 e. The lowest BCUT2D eigenvalue weighted by atomic mass is 9.98. The van der Waals surface area contributed by atoms with Crippen molar-refractivity contribution in [1.29, 1.82) is 0 Å². The largest absolute Gasteiger partial charge is 0.381 e. The van der Waals surface area contributed by atoms with Gasteiger partial charge in [-0.25, -0.2) is 10.1 Å². The molecule has 25 heavy (non-hydrogen) atoms. The summed E-state index contributed by atoms with van der Waals surface area (Å²) >= 11 is 0. The first-order valence-electron chi connectivity index (χ1n) is 8.40. The monoisotopic (exact) mass is 346 g/mol. The van der Waals surface area contributed by atoms with Gasteiger partial charge in [0.1, 0.15) is 5.10 Å². The van der Waals surface area contributed by atoms with Crippen molar-refractivity contribution >= 4 is 11.9 Å². The van der Waals surface area contributed by atoms with E-state index in [2.05, 4.69) is 12.0 Å². The molecule has 3 rings (SSSR count). The Morgan fingerprint density at radius 3 is 2.84 bits per heavy atom. The molecule has 0 spiro atoms. The number of hydrogen-bond donors (Lipinski definition) is 0. The van der Waals surface area contributed by atoms with Crippen molar-refractivity contribution in [1.82, 2.24) is 9.80 Å². The summed E-state index contributed by atoms with van der Waals surface area (Å²) in [5.41, 5.74) is 1.47. The molecular formula is C17H22N4O4. The van der Waals surface area contributed by atoms with Crippen LogP contribution in [-0.4, -0.2) is 59.5 Å². The van der Waals surface area contributed by atoms with Gasteiger partial charge in [-0.05, 0) is 25.0 Å². The lowest BCUT2D eigenvalue weighted by molar-refractivity contribution is -0.486. The summed E-state index contributed by atoms with van der Waals surface area (Å²) in [6.45, 7) is 6.87. The number of rotatable bonds is 4. The van der Waals surface area contributed by atoms with Crippen LogP contribution in [0.3, 0.4) is 0 Å². The van der Waals surface area contributed by atoms with Gasteiger partial charge in [-0.15, -0.1) is 0 Å². The lowest BCUT2D eigenvalue weighted by Crippen LogP contribution is -2.41. The summed E-state index contributed by atoms with van der Waals surface area (Å²) < 4.78 is 5.47. The first-order chi connectivity index (χ1) is 12.0. The maximum Gasteiger partial charge on any atom is 0.281 e. The van der Waals surface area contributed by atoms with Crippen molar-refractivity contribution in [2.45, 2.75) is 13.8 Å². The van der Waals surface area contributed by atoms with E-state index in [0.29, 0.717) is 44.3 Å². The van der Waals surface area contributed by atoms with Crippen LogP contribution in [-0.2, 0) is 4.74 Å². The Bertz CT molecular complexity index is 706. The molecule has 2 saturated heterocycles. The second-order valence-electron chi connectivity index (χ2n) is 6.68. The fourth-order valence-electron chi connectivity index (χ4n) is 3.30. The third kappa shape index (κ3) is 3.79. The number of guanidine groups is 1. The summed E-state index contributed by atoms with van der Waals surface area (Å²) in [5, 5.41) is 13.8. The predicted octanol–water partition coefficient (Wildman–Crippen LogP) is 1.58. The molecule has 2 aliphatic rings. The lowest BCUT2D eigenvalue weighted by Gasteiger charge is -2.23. The molecule has 0 aliphatic carbocycles. The third-order valence-corrected chi connectivity index (χ3v) is 4.77. The Labute approximate surface area is 146 Å². The Morgan fingerprint density at radius 1 is 1.40 bits per heavy atom. The average Bonchev–Trinajstić information content (AvgIpc) is 3.14. The van der Waals surface area contributed by atoms with Crippen LogP contribution in [0.15, 0.2) is 29.4 Å². The number of benzene rings is 1. The summed E-state index contributed by atoms with van der Waals surface area (Å²) in [4.78, 5) is 27.0. The van der Waals surface area contributed by atoms with Crippen molar-refractivity contribution < 1.29 is 14.6 Å². The summed E-state index contributed by atoms with van der Waals surface area (Å²) in [6.07, 6.45) is 0. The number of amides is 1. The van der Waals surface area contributed by atoms with Crippen LogP contribution in [0, 0.1) is 28.9 Å². The first-order valence-corrected chi connectivity index (χ1v) is 8.40. The molecule has 0 saturated carbocycles. The molecule has 1 aromatic carbocycles. The summed E-state index contributed by atoms with van der Waals surface area (Å²) in [7, 11) is 0. The highest BCUT2D eigenvalue weighted by molar-refractivity contribution is 6.06. The fraction of sp³-hybridized carbons (Fsp3) is 0.529. The molecule has 0 N–H and O–H groups in total. The molecule has 8 heteroatoms. The normalized spacial score (nSPS) is 25.0. The zero-order valence-electron chi connectivity index (χ0n) is 14.4. The molecule has 2 unspecified atom stereocenters. The van der Waals surface area contributed by atoms with Crippen LogP contribution >= 0.6 is 0 Å². The van der Waals surface area contributed by atoms with Gasteiger partial charge in [0, 0.05) is 37.7 Å². The molecule has 0 bridgehead atoms. The minimum atomic E-state index is -0.737. The van der Waals surface area contributed by atoms with Crippen LogP contribution in [0.25, 0.3) is 0 Å². The van der Waals surface area contributed by atoms with Gasteiger partial charge in [-0.3, -0.25) is 9.69 Å². The highest BCUT2D eigenvalue weighted by Crippen LogP contribution is 2.24. The number of ether oxygens (including phenoxy) is 1. The Kier molecular flexibility index (Phi) is 4.98. The molecule has 0 radical (unpaired) electrons. The van der Waals surface area contributed by atoms with E-state index in [9.17, 15) is 14.9 Å². The van der Waals surface area contributed by atoms with Crippen LogP contribution in [0.5, 0.6) is 0 Å². The maximum atomic E-state index is 12.8.